The number of nitrogens with one attached hydrogen (secondary N) is 1. The minimum Gasteiger partial charge on any atom is -0.479 e. The summed E-state index contributed by atoms with van der Waals surface area (Å²) in [5, 5.41) is 14.1. The highest BCUT2D eigenvalue weighted by atomic mass is 32.2. The molecule has 1 aliphatic heterocycles. The number of hydrogen-bond donors (Lipinski definition) is 2. The lowest BCUT2D eigenvalue weighted by atomic mass is 10.0. The smallest absolute Gasteiger partial charge is 0.331 e. The first-order valence-electron chi connectivity index (χ1n) is 6.67. The number of carboxylic acids is 1. The minimum absolute atomic E-state index is 0.307. The molecule has 7 heteroatoms. The summed E-state index contributed by atoms with van der Waals surface area (Å²) in [6.07, 6.45) is 2.53. The van der Waals surface area contributed by atoms with Gasteiger partial charge in [-0.05, 0) is 23.4 Å². The van der Waals surface area contributed by atoms with Crippen LogP contribution >= 0.6 is 23.1 Å². The highest BCUT2D eigenvalue weighted by Gasteiger charge is 2.36. The van der Waals surface area contributed by atoms with Gasteiger partial charge in [0.15, 0.2) is 6.04 Å². The Kier molecular flexibility index (Phi) is 5.69. The second kappa shape index (κ2) is 7.51. The topological polar surface area (TPSA) is 69.6 Å². The van der Waals surface area contributed by atoms with Gasteiger partial charge in [0.1, 0.15) is 0 Å². The van der Waals surface area contributed by atoms with Crippen molar-refractivity contribution >= 4 is 35.1 Å². The van der Waals surface area contributed by atoms with Crippen LogP contribution in [0.2, 0.25) is 0 Å². The van der Waals surface area contributed by atoms with Gasteiger partial charge in [0.25, 0.3) is 0 Å². The van der Waals surface area contributed by atoms with Gasteiger partial charge in [-0.1, -0.05) is 6.08 Å². The molecule has 1 atom stereocenters. The molecule has 0 fully saturated rings. The third kappa shape index (κ3) is 3.79. The Bertz CT molecular complexity index is 530. The first-order chi connectivity index (χ1) is 10.1. The van der Waals surface area contributed by atoms with Crippen LogP contribution in [0.5, 0.6) is 0 Å². The molecular formula is C14H18N2O3S2. The lowest BCUT2D eigenvalue weighted by Crippen LogP contribution is -2.48. The van der Waals surface area contributed by atoms with E-state index in [1.807, 2.05) is 11.5 Å². The zero-order valence-electron chi connectivity index (χ0n) is 11.6. The third-order valence-electron chi connectivity index (χ3n) is 3.22. The summed E-state index contributed by atoms with van der Waals surface area (Å²) < 4.78 is 0. The quantitative estimate of drug-likeness (QED) is 0.622. The molecule has 1 aromatic heterocycles. The molecule has 0 spiro atoms. The Hall–Kier alpha value is -1.47. The van der Waals surface area contributed by atoms with Gasteiger partial charge < -0.3 is 15.3 Å². The number of carbonyl (C=O) groups is 2. The van der Waals surface area contributed by atoms with Crippen molar-refractivity contribution in [2.45, 2.75) is 12.5 Å². The van der Waals surface area contributed by atoms with E-state index in [4.69, 9.17) is 0 Å². The van der Waals surface area contributed by atoms with E-state index in [1.54, 1.807) is 29.2 Å². The maximum absolute atomic E-state index is 12.2. The van der Waals surface area contributed by atoms with E-state index < -0.39 is 12.0 Å². The molecular weight excluding hydrogens is 308 g/mol. The SMILES string of the molecule is C=CCSCCNC(=O)N1CCc2sccc2C1C(=O)O. The van der Waals surface area contributed by atoms with Crippen LogP contribution in [-0.4, -0.2) is 46.6 Å². The van der Waals surface area contributed by atoms with Crippen LogP contribution in [0.1, 0.15) is 16.5 Å². The Morgan fingerprint density at radius 3 is 3.14 bits per heavy atom. The molecule has 114 valence electrons. The van der Waals surface area contributed by atoms with E-state index in [0.717, 1.165) is 28.4 Å². The summed E-state index contributed by atoms with van der Waals surface area (Å²) in [6.45, 7) is 4.60. The monoisotopic (exact) mass is 326 g/mol. The van der Waals surface area contributed by atoms with Gasteiger partial charge in [0, 0.05) is 29.5 Å². The van der Waals surface area contributed by atoms with Crippen LogP contribution < -0.4 is 5.32 Å². The summed E-state index contributed by atoms with van der Waals surface area (Å²) in [7, 11) is 0. The van der Waals surface area contributed by atoms with Crippen LogP contribution in [-0.2, 0) is 11.2 Å². The van der Waals surface area contributed by atoms with Crippen molar-refractivity contribution in [1.29, 1.82) is 0 Å². The van der Waals surface area contributed by atoms with Gasteiger partial charge in [-0.2, -0.15) is 11.8 Å². The first-order valence-corrected chi connectivity index (χ1v) is 8.70. The number of thiophene rings is 1. The normalized spacial score (nSPS) is 17.1. The molecule has 2 rings (SSSR count). The van der Waals surface area contributed by atoms with Gasteiger partial charge in [-0.3, -0.25) is 0 Å². The average molecular weight is 326 g/mol. The summed E-state index contributed by atoms with van der Waals surface area (Å²) in [5.41, 5.74) is 0.745. The molecule has 0 bridgehead atoms. The maximum Gasteiger partial charge on any atom is 0.331 e. The summed E-state index contributed by atoms with van der Waals surface area (Å²) in [6, 6.07) is 0.623. The number of carboxylic acid groups (broad SMARTS) is 1. The van der Waals surface area contributed by atoms with Gasteiger partial charge in [0.05, 0.1) is 0 Å². The Balaban J connectivity index is 1.97. The Morgan fingerprint density at radius 1 is 1.62 bits per heavy atom. The molecule has 2 N–H and O–H groups in total. The fraction of sp³-hybridized carbons (Fsp3) is 0.429. The van der Waals surface area contributed by atoms with Gasteiger partial charge in [-0.25, -0.2) is 9.59 Å². The lowest BCUT2D eigenvalue weighted by molar-refractivity contribution is -0.142. The molecule has 1 aromatic rings. The van der Waals surface area contributed by atoms with Crippen molar-refractivity contribution in [2.24, 2.45) is 0 Å². The predicted molar refractivity (Wildman–Crippen MR) is 86.0 cm³/mol. The average Bonchev–Trinajstić information content (AvgIpc) is 2.93. The zero-order valence-corrected chi connectivity index (χ0v) is 13.2. The van der Waals surface area contributed by atoms with Crippen molar-refractivity contribution in [3.63, 3.8) is 0 Å². The number of fused-ring (bicyclic) bond motifs is 1. The van der Waals surface area contributed by atoms with Gasteiger partial charge >= 0.3 is 12.0 Å². The zero-order chi connectivity index (χ0) is 15.2. The van der Waals surface area contributed by atoms with E-state index in [-0.39, 0.29) is 6.03 Å². The second-order valence-electron chi connectivity index (χ2n) is 4.58. The number of amides is 2. The minimum atomic E-state index is -0.981. The van der Waals surface area contributed by atoms with Crippen molar-refractivity contribution in [3.8, 4) is 0 Å². The van der Waals surface area contributed by atoms with E-state index in [0.29, 0.717) is 13.1 Å². The van der Waals surface area contributed by atoms with Crippen molar-refractivity contribution in [3.05, 3.63) is 34.5 Å². The highest BCUT2D eigenvalue weighted by Crippen LogP contribution is 2.33. The molecule has 21 heavy (non-hydrogen) atoms. The molecule has 2 heterocycles. The second-order valence-corrected chi connectivity index (χ2v) is 6.73. The summed E-state index contributed by atoms with van der Waals surface area (Å²) in [5.74, 6) is 0.647. The van der Waals surface area contributed by atoms with Crippen LogP contribution in [0.4, 0.5) is 4.79 Å². The van der Waals surface area contributed by atoms with E-state index >= 15 is 0 Å². The van der Waals surface area contributed by atoms with Crippen molar-refractivity contribution < 1.29 is 14.7 Å². The number of nitrogens with zero attached hydrogens (tertiary/aromatic N) is 1. The van der Waals surface area contributed by atoms with Crippen molar-refractivity contribution in [2.75, 3.05) is 24.6 Å². The molecule has 0 aliphatic carbocycles. The molecule has 1 aliphatic rings. The van der Waals surface area contributed by atoms with Crippen molar-refractivity contribution in [1.82, 2.24) is 10.2 Å². The number of urea groups is 1. The largest absolute Gasteiger partial charge is 0.479 e. The van der Waals surface area contributed by atoms with Crippen LogP contribution in [0, 0.1) is 0 Å². The van der Waals surface area contributed by atoms with Crippen LogP contribution in [0.25, 0.3) is 0 Å². The molecule has 1 unspecified atom stereocenters. The Morgan fingerprint density at radius 2 is 2.43 bits per heavy atom. The third-order valence-corrected chi connectivity index (χ3v) is 5.18. The maximum atomic E-state index is 12.2. The lowest BCUT2D eigenvalue weighted by Gasteiger charge is -2.33. The van der Waals surface area contributed by atoms with Crippen LogP contribution in [0.3, 0.4) is 0 Å². The van der Waals surface area contributed by atoms with E-state index in [1.165, 1.54) is 4.90 Å². The van der Waals surface area contributed by atoms with E-state index in [2.05, 4.69) is 11.9 Å². The Labute approximate surface area is 132 Å². The standard InChI is InChI=1S/C14H18N2O3S2/c1-2-7-20-9-5-15-14(19)16-6-3-11-10(4-8-21-11)12(16)13(17)18/h2,4,8,12H,1,3,5-7,9H2,(H,15,19)(H,17,18). The molecule has 5 nitrogen and oxygen atoms in total. The summed E-state index contributed by atoms with van der Waals surface area (Å²) >= 11 is 3.23. The highest BCUT2D eigenvalue weighted by molar-refractivity contribution is 7.99. The number of rotatable bonds is 6. The fourth-order valence-corrected chi connectivity index (χ4v) is 3.78. The number of carbonyl (C=O) groups excluding carboxylic acids is 1. The molecule has 2 amide bonds. The summed E-state index contributed by atoms with van der Waals surface area (Å²) in [4.78, 5) is 26.2. The molecule has 0 saturated carbocycles. The molecule has 0 saturated heterocycles. The number of hydrogen-bond acceptors (Lipinski definition) is 4. The predicted octanol–water partition coefficient (Wildman–Crippen LogP) is 2.36. The number of aliphatic carboxylic acids is 1. The van der Waals surface area contributed by atoms with Crippen LogP contribution in [0.15, 0.2) is 24.1 Å². The first kappa shape index (κ1) is 15.9. The van der Waals surface area contributed by atoms with Gasteiger partial charge in [-0.15, -0.1) is 17.9 Å². The fourth-order valence-electron chi connectivity index (χ4n) is 2.30. The molecule has 0 aromatic carbocycles. The van der Waals surface area contributed by atoms with Gasteiger partial charge in [0.2, 0.25) is 0 Å². The number of thioether (sulfide) groups is 1. The molecule has 0 radical (unpaired) electrons. The van der Waals surface area contributed by atoms with E-state index in [9.17, 15) is 14.7 Å².